The molecule has 0 bridgehead atoms. The molecule has 0 unspecified atom stereocenters. The summed E-state index contributed by atoms with van der Waals surface area (Å²) in [6.45, 7) is 1.52. The lowest BCUT2D eigenvalue weighted by atomic mass is 10.1. The first-order chi connectivity index (χ1) is 13.7. The molecule has 2 heterocycles. The number of amides is 2. The van der Waals surface area contributed by atoms with Gasteiger partial charge in [-0.05, 0) is 35.7 Å². The van der Waals surface area contributed by atoms with Gasteiger partial charge in [0.2, 0.25) is 5.91 Å². The molecule has 0 radical (unpaired) electrons. The van der Waals surface area contributed by atoms with E-state index in [4.69, 9.17) is 4.42 Å². The zero-order chi connectivity index (χ0) is 19.3. The van der Waals surface area contributed by atoms with Crippen molar-refractivity contribution in [2.45, 2.75) is 19.5 Å². The monoisotopic (exact) mass is 374 g/mol. The Kier molecular flexibility index (Phi) is 5.24. The first-order valence-corrected chi connectivity index (χ1v) is 9.42. The van der Waals surface area contributed by atoms with Gasteiger partial charge in [0, 0.05) is 18.7 Å². The van der Waals surface area contributed by atoms with Crippen molar-refractivity contribution < 1.29 is 14.0 Å². The number of furan rings is 1. The molecule has 0 spiro atoms. The molecular weight excluding hydrogens is 352 g/mol. The third-order valence-corrected chi connectivity index (χ3v) is 5.02. The first-order valence-electron chi connectivity index (χ1n) is 9.42. The lowest BCUT2D eigenvalue weighted by Crippen LogP contribution is -2.41. The quantitative estimate of drug-likeness (QED) is 0.636. The molecule has 2 amide bonds. The molecule has 0 atom stereocenters. The molecule has 3 aromatic rings. The predicted octanol–water partition coefficient (Wildman–Crippen LogP) is 3.51. The zero-order valence-corrected chi connectivity index (χ0v) is 15.6. The van der Waals surface area contributed by atoms with Crippen LogP contribution in [0.4, 0.5) is 0 Å². The van der Waals surface area contributed by atoms with Crippen LogP contribution >= 0.6 is 0 Å². The molecule has 1 aliphatic heterocycles. The van der Waals surface area contributed by atoms with Crippen LogP contribution in [0, 0.1) is 0 Å². The van der Waals surface area contributed by atoms with E-state index in [0.29, 0.717) is 25.2 Å². The predicted molar refractivity (Wildman–Crippen MR) is 105 cm³/mol. The van der Waals surface area contributed by atoms with Crippen molar-refractivity contribution in [3.63, 3.8) is 0 Å². The Labute approximate surface area is 164 Å². The van der Waals surface area contributed by atoms with Gasteiger partial charge in [-0.15, -0.1) is 0 Å². The molecule has 5 nitrogen and oxygen atoms in total. The van der Waals surface area contributed by atoms with E-state index in [9.17, 15) is 9.59 Å². The van der Waals surface area contributed by atoms with Crippen LogP contribution in [-0.4, -0.2) is 34.7 Å². The van der Waals surface area contributed by atoms with E-state index < -0.39 is 0 Å². The van der Waals surface area contributed by atoms with Gasteiger partial charge in [-0.1, -0.05) is 48.5 Å². The molecule has 4 rings (SSSR count). The fourth-order valence-electron chi connectivity index (χ4n) is 3.50. The number of hydrogen-bond donors (Lipinski definition) is 0. The summed E-state index contributed by atoms with van der Waals surface area (Å²) in [4.78, 5) is 29.0. The SMILES string of the molecule is O=C(CN1Cc2ccccc2C1=O)N(CCc1ccccc1)Cc1ccco1. The molecule has 142 valence electrons. The highest BCUT2D eigenvalue weighted by Gasteiger charge is 2.29. The van der Waals surface area contributed by atoms with Gasteiger partial charge in [-0.25, -0.2) is 0 Å². The maximum absolute atomic E-state index is 13.0. The Hall–Kier alpha value is -3.34. The highest BCUT2D eigenvalue weighted by molar-refractivity contribution is 6.00. The maximum Gasteiger partial charge on any atom is 0.254 e. The molecule has 0 aliphatic carbocycles. The van der Waals surface area contributed by atoms with Gasteiger partial charge in [0.25, 0.3) is 5.91 Å². The van der Waals surface area contributed by atoms with Gasteiger partial charge in [0.1, 0.15) is 12.3 Å². The summed E-state index contributed by atoms with van der Waals surface area (Å²) in [5.74, 6) is 0.580. The van der Waals surface area contributed by atoms with E-state index in [1.165, 1.54) is 5.56 Å². The van der Waals surface area contributed by atoms with Gasteiger partial charge < -0.3 is 14.2 Å². The van der Waals surface area contributed by atoms with Crippen LogP contribution in [0.1, 0.15) is 27.2 Å². The second-order valence-electron chi connectivity index (χ2n) is 6.95. The van der Waals surface area contributed by atoms with E-state index in [1.54, 1.807) is 16.1 Å². The lowest BCUT2D eigenvalue weighted by Gasteiger charge is -2.25. The minimum absolute atomic E-state index is 0.0724. The summed E-state index contributed by atoms with van der Waals surface area (Å²) >= 11 is 0. The number of carbonyl (C=O) groups is 2. The topological polar surface area (TPSA) is 53.8 Å². The van der Waals surface area contributed by atoms with Crippen LogP contribution in [0.5, 0.6) is 0 Å². The average Bonchev–Trinajstić information content (AvgIpc) is 3.34. The van der Waals surface area contributed by atoms with Crippen LogP contribution in [0.3, 0.4) is 0 Å². The van der Waals surface area contributed by atoms with E-state index in [0.717, 1.165) is 17.7 Å². The van der Waals surface area contributed by atoms with Crippen molar-refractivity contribution >= 4 is 11.8 Å². The van der Waals surface area contributed by atoms with Crippen molar-refractivity contribution in [3.8, 4) is 0 Å². The van der Waals surface area contributed by atoms with Gasteiger partial charge in [0.05, 0.1) is 12.8 Å². The highest BCUT2D eigenvalue weighted by Crippen LogP contribution is 2.22. The van der Waals surface area contributed by atoms with Crippen molar-refractivity contribution in [1.29, 1.82) is 0 Å². The Bertz CT molecular complexity index is 951. The molecule has 1 aliphatic rings. The molecule has 0 N–H and O–H groups in total. The Morgan fingerprint density at radius 3 is 2.54 bits per heavy atom. The summed E-state index contributed by atoms with van der Waals surface area (Å²) < 4.78 is 5.43. The fraction of sp³-hybridized carbons (Fsp3) is 0.217. The highest BCUT2D eigenvalue weighted by atomic mass is 16.3. The van der Waals surface area contributed by atoms with Crippen molar-refractivity contribution in [2.24, 2.45) is 0 Å². The van der Waals surface area contributed by atoms with Crippen LogP contribution in [0.2, 0.25) is 0 Å². The number of benzene rings is 2. The van der Waals surface area contributed by atoms with Gasteiger partial charge >= 0.3 is 0 Å². The number of rotatable bonds is 7. The van der Waals surface area contributed by atoms with E-state index in [1.807, 2.05) is 54.6 Å². The minimum atomic E-state index is -0.0787. The number of nitrogens with zero attached hydrogens (tertiary/aromatic N) is 2. The van der Waals surface area contributed by atoms with Crippen molar-refractivity contribution in [2.75, 3.05) is 13.1 Å². The zero-order valence-electron chi connectivity index (χ0n) is 15.6. The largest absolute Gasteiger partial charge is 0.467 e. The van der Waals surface area contributed by atoms with Gasteiger partial charge in [-0.3, -0.25) is 9.59 Å². The fourth-order valence-corrected chi connectivity index (χ4v) is 3.50. The van der Waals surface area contributed by atoms with Gasteiger partial charge in [0.15, 0.2) is 0 Å². The second-order valence-corrected chi connectivity index (χ2v) is 6.95. The van der Waals surface area contributed by atoms with E-state index in [-0.39, 0.29) is 18.4 Å². The number of carbonyl (C=O) groups excluding carboxylic acids is 2. The van der Waals surface area contributed by atoms with Crippen LogP contribution in [0.15, 0.2) is 77.4 Å². The summed E-state index contributed by atoms with van der Waals surface area (Å²) in [7, 11) is 0. The molecular formula is C23H22N2O3. The van der Waals surface area contributed by atoms with Crippen LogP contribution < -0.4 is 0 Å². The standard InChI is InChI=1S/C23H22N2O3/c26-22(17-25-15-19-9-4-5-11-21(19)23(25)27)24(16-20-10-6-14-28-20)13-12-18-7-2-1-3-8-18/h1-11,14H,12-13,15-17H2. The molecule has 1 aromatic heterocycles. The Morgan fingerprint density at radius 2 is 1.79 bits per heavy atom. The summed E-state index contributed by atoms with van der Waals surface area (Å²) in [6, 6.07) is 21.3. The number of hydrogen-bond acceptors (Lipinski definition) is 3. The van der Waals surface area contributed by atoms with E-state index >= 15 is 0 Å². The molecule has 2 aromatic carbocycles. The third-order valence-electron chi connectivity index (χ3n) is 5.02. The molecule has 28 heavy (non-hydrogen) atoms. The third kappa shape index (κ3) is 3.98. The molecule has 0 saturated heterocycles. The average molecular weight is 374 g/mol. The summed E-state index contributed by atoms with van der Waals surface area (Å²) in [6.07, 6.45) is 2.36. The summed E-state index contributed by atoms with van der Waals surface area (Å²) in [5, 5.41) is 0. The van der Waals surface area contributed by atoms with Crippen molar-refractivity contribution in [3.05, 3.63) is 95.4 Å². The Morgan fingerprint density at radius 1 is 1.00 bits per heavy atom. The van der Waals surface area contributed by atoms with E-state index in [2.05, 4.69) is 12.1 Å². The normalized spacial score (nSPS) is 12.9. The first kappa shape index (κ1) is 18.0. The maximum atomic E-state index is 13.0. The molecule has 5 heteroatoms. The van der Waals surface area contributed by atoms with Crippen molar-refractivity contribution in [1.82, 2.24) is 9.80 Å². The summed E-state index contributed by atoms with van der Waals surface area (Å²) in [5.41, 5.74) is 2.84. The van der Waals surface area contributed by atoms with Gasteiger partial charge in [-0.2, -0.15) is 0 Å². The van der Waals surface area contributed by atoms with Crippen LogP contribution in [-0.2, 0) is 24.3 Å². The molecule has 0 saturated carbocycles. The number of fused-ring (bicyclic) bond motifs is 1. The molecule has 0 fully saturated rings. The lowest BCUT2D eigenvalue weighted by molar-refractivity contribution is -0.132. The smallest absolute Gasteiger partial charge is 0.254 e. The minimum Gasteiger partial charge on any atom is -0.467 e. The Balaban J connectivity index is 1.44. The second kappa shape index (κ2) is 8.13. The van der Waals surface area contributed by atoms with Crippen LogP contribution in [0.25, 0.3) is 0 Å².